The van der Waals surface area contributed by atoms with E-state index in [1.165, 1.54) is 0 Å². The molecule has 89 heavy (non-hydrogen) atoms. The Kier molecular flexibility index (Phi) is 28.3. The molecule has 0 aromatic rings. The lowest BCUT2D eigenvalue weighted by Gasteiger charge is -2.49. The van der Waals surface area contributed by atoms with E-state index in [4.69, 9.17) is 65.9 Å². The highest BCUT2D eigenvalue weighted by Gasteiger charge is 2.60. The molecule has 0 aromatic carbocycles. The Morgan fingerprint density at radius 1 is 0.315 bits per heavy atom. The molecule has 7 rings (SSSR count). The molecule has 0 aromatic heterocycles. The van der Waals surface area contributed by atoms with E-state index >= 15 is 0 Å². The summed E-state index contributed by atoms with van der Waals surface area (Å²) in [4.78, 5) is 11.0. The third-order valence-corrected chi connectivity index (χ3v) is 17.6. The predicted molar refractivity (Wildman–Crippen MR) is 279 cm³/mol. The van der Waals surface area contributed by atoms with E-state index in [-0.39, 0.29) is 6.42 Å². The van der Waals surface area contributed by atoms with E-state index in [1.807, 2.05) is 0 Å². The molecule has 7 fully saturated rings. The lowest BCUT2D eigenvalue weighted by Crippen LogP contribution is -2.69. The Morgan fingerprint density at radius 2 is 0.607 bits per heavy atom. The first-order chi connectivity index (χ1) is 42.1. The zero-order valence-electron chi connectivity index (χ0n) is 47.0. The standard InChI is InChI=1S/C48H85O39PS/c49-7-13-19(53)25(59)35(69)44(77-13)83-38-32(66)29(63)33(67)39(42(38)87-88(72,73)76-5-3-1-2-4-6-89)84-46-37(71)28(62)24(58)18(82-46)11-74-43-34(68)27(61)23(57)17(81-43)12-75-47-40(30(64)21(55)15(9-51)79-47)86-48-41(31(65)22(56)16(10-52)80-48)85-45-36(70)26(60)20(54)14(8-50)78-45/h13-71,89H,1-12H2,(H,72,73)/t13-,14-,15-,16-,17-,18-,19-,20-,21-,22-,23-,24-,25+,26+,27+,28+,29-,30+,31+,32-,33+,34+,35-,36+,37+,38-,39-,40+,41+,42-,43+,44-,45+,46-,47+,48-/m1/s1. The van der Waals surface area contributed by atoms with E-state index in [9.17, 15) is 127 Å². The molecule has 0 radical (unpaired) electrons. The summed E-state index contributed by atoms with van der Waals surface area (Å²) in [6, 6.07) is 0. The van der Waals surface area contributed by atoms with Crippen LogP contribution in [-0.2, 0) is 70.5 Å². The number of hydrogen-bond donors (Lipinski definition) is 25. The molecule has 39 nitrogen and oxygen atoms in total. The third kappa shape index (κ3) is 17.3. The summed E-state index contributed by atoms with van der Waals surface area (Å²) >= 11 is 4.13. The van der Waals surface area contributed by atoms with E-state index in [0.717, 1.165) is 0 Å². The summed E-state index contributed by atoms with van der Waals surface area (Å²) in [6.07, 6.45) is -73.2. The number of unbranched alkanes of at least 4 members (excludes halogenated alkanes) is 3. The molecule has 522 valence electrons. The second kappa shape index (κ2) is 33.3. The quantitative estimate of drug-likeness (QED) is 0.0206. The molecule has 7 aliphatic rings. The monoisotopic (exact) mass is 1350 g/mol. The summed E-state index contributed by atoms with van der Waals surface area (Å²) in [5.74, 6) is 0.553. The van der Waals surface area contributed by atoms with Crippen LogP contribution >= 0.6 is 20.5 Å². The fourth-order valence-electron chi connectivity index (χ4n) is 10.9. The molecule has 6 saturated heterocycles. The molecule has 24 N–H and O–H groups in total. The van der Waals surface area contributed by atoms with E-state index in [2.05, 4.69) is 12.6 Å². The van der Waals surface area contributed by atoms with Crippen LogP contribution in [-0.4, -0.2) is 395 Å². The van der Waals surface area contributed by atoms with Crippen LogP contribution in [0, 0.1) is 0 Å². The van der Waals surface area contributed by atoms with Gasteiger partial charge in [-0.25, -0.2) is 4.57 Å². The maximum atomic E-state index is 13.6. The van der Waals surface area contributed by atoms with Gasteiger partial charge in [0.15, 0.2) is 37.7 Å². The highest BCUT2D eigenvalue weighted by Crippen LogP contribution is 2.49. The maximum Gasteiger partial charge on any atom is 0.472 e. The molecular formula is C48H85O39PS. The van der Waals surface area contributed by atoms with Crippen LogP contribution in [0.2, 0.25) is 0 Å². The number of thiol groups is 1. The van der Waals surface area contributed by atoms with Gasteiger partial charge in [-0.2, -0.15) is 12.6 Å². The van der Waals surface area contributed by atoms with Crippen molar-refractivity contribution in [3.05, 3.63) is 0 Å². The topological polar surface area (TPSA) is 632 Å². The van der Waals surface area contributed by atoms with Crippen molar-refractivity contribution >= 4 is 20.5 Å². The van der Waals surface area contributed by atoms with Crippen LogP contribution in [0.1, 0.15) is 25.7 Å². The van der Waals surface area contributed by atoms with E-state index in [0.29, 0.717) is 25.0 Å². The Balaban J connectivity index is 1.07. The molecule has 6 heterocycles. The number of phosphoric ester groups is 1. The minimum absolute atomic E-state index is 0.197. The molecule has 37 atom stereocenters. The van der Waals surface area contributed by atoms with Crippen LogP contribution in [0.5, 0.6) is 0 Å². The fourth-order valence-corrected chi connectivity index (χ4v) is 12.1. The summed E-state index contributed by atoms with van der Waals surface area (Å²) in [7, 11) is -5.40. The minimum atomic E-state index is -5.40. The molecule has 41 heteroatoms. The van der Waals surface area contributed by atoms with Crippen molar-refractivity contribution in [2.24, 2.45) is 0 Å². The Bertz CT molecular complexity index is 2160. The summed E-state index contributed by atoms with van der Waals surface area (Å²) < 4.78 is 92.1. The van der Waals surface area contributed by atoms with Gasteiger partial charge in [0.25, 0.3) is 0 Å². The third-order valence-electron chi connectivity index (χ3n) is 16.3. The second-order valence-corrected chi connectivity index (χ2v) is 24.2. The van der Waals surface area contributed by atoms with Crippen molar-refractivity contribution in [1.29, 1.82) is 0 Å². The fraction of sp³-hybridized carbons (Fsp3) is 1.00. The zero-order valence-corrected chi connectivity index (χ0v) is 48.8. The molecule has 6 aliphatic heterocycles. The average molecular weight is 1350 g/mol. The van der Waals surface area contributed by atoms with Gasteiger partial charge in [-0.15, -0.1) is 0 Å². The van der Waals surface area contributed by atoms with Crippen molar-refractivity contribution in [3.8, 4) is 0 Å². The number of ether oxygens (including phenoxy) is 12. The van der Waals surface area contributed by atoms with Crippen molar-refractivity contribution < 1.29 is 193 Å². The molecule has 1 saturated carbocycles. The highest BCUT2D eigenvalue weighted by atomic mass is 32.1. The first-order valence-corrected chi connectivity index (χ1v) is 30.6. The smallest absolute Gasteiger partial charge is 0.394 e. The first kappa shape index (κ1) is 75.4. The van der Waals surface area contributed by atoms with E-state index < -0.39 is 275 Å². The minimum Gasteiger partial charge on any atom is -0.394 e. The summed E-state index contributed by atoms with van der Waals surface area (Å²) in [6.45, 7) is -6.35. The Labute approximate surface area is 510 Å². The van der Waals surface area contributed by atoms with Crippen LogP contribution < -0.4 is 0 Å². The van der Waals surface area contributed by atoms with Gasteiger partial charge >= 0.3 is 7.82 Å². The molecule has 1 unspecified atom stereocenters. The number of hydrogen-bond acceptors (Lipinski definition) is 39. The number of phosphoric acid groups is 1. The summed E-state index contributed by atoms with van der Waals surface area (Å²) in [5.41, 5.74) is 0. The molecule has 0 spiro atoms. The highest BCUT2D eigenvalue weighted by molar-refractivity contribution is 7.80. The largest absolute Gasteiger partial charge is 0.472 e. The van der Waals surface area contributed by atoms with E-state index in [1.54, 1.807) is 0 Å². The van der Waals surface area contributed by atoms with Gasteiger partial charge in [-0.05, 0) is 18.6 Å². The van der Waals surface area contributed by atoms with Crippen LogP contribution in [0.4, 0.5) is 0 Å². The molecule has 0 amide bonds. The first-order valence-electron chi connectivity index (χ1n) is 28.5. The SMILES string of the molecule is O=P(O)(OCCCCCCS)O[C@@H]1[C@H](O[C@H]2O[C@H](CO)[C@@H](O)[C@H](O)[C@H]2O)[C@H](O)[C@@H](O)[C@H](O)[C@H]1O[C@H]1O[C@H](CO[C@H]2O[C@H](CO[C@H]3O[C@H](CO)[C@@H](O)[C@H](O)[C@@H]3O[C@H]3O[C@H](CO)[C@@H](O)[C@H](O)[C@@H]3O[C@@H]3O[C@H](CO)[C@@H](O)[C@H](O)[C@@H]3O)[C@@H](O)[C@H](O)[C@@H]2O)[C@@H](O)[C@H](O)[C@@H]1O. The summed E-state index contributed by atoms with van der Waals surface area (Å²) in [5, 5.41) is 247. The Morgan fingerprint density at radius 3 is 1.03 bits per heavy atom. The second-order valence-electron chi connectivity index (χ2n) is 22.4. The van der Waals surface area contributed by atoms with Gasteiger partial charge in [0.2, 0.25) is 0 Å². The van der Waals surface area contributed by atoms with Gasteiger partial charge in [0.05, 0.1) is 46.2 Å². The zero-order chi connectivity index (χ0) is 65.7. The molecule has 0 bridgehead atoms. The Hall–Kier alpha value is -0.940. The number of rotatable bonds is 27. The van der Waals surface area contributed by atoms with Gasteiger partial charge in [-0.3, -0.25) is 9.05 Å². The predicted octanol–water partition coefficient (Wildman–Crippen LogP) is -14.3. The number of aliphatic hydroxyl groups excluding tert-OH is 23. The molecule has 1 aliphatic carbocycles. The van der Waals surface area contributed by atoms with Gasteiger partial charge in [0.1, 0.15) is 183 Å². The van der Waals surface area contributed by atoms with Crippen molar-refractivity contribution in [2.75, 3.05) is 52.0 Å². The average Bonchev–Trinajstić information content (AvgIpc) is 0.833. The molecular weight excluding hydrogens is 1260 g/mol. The lowest BCUT2D eigenvalue weighted by atomic mass is 9.84. The maximum absolute atomic E-state index is 13.6. The van der Waals surface area contributed by atoms with Crippen molar-refractivity contribution in [2.45, 2.75) is 247 Å². The van der Waals surface area contributed by atoms with Crippen molar-refractivity contribution in [3.63, 3.8) is 0 Å². The van der Waals surface area contributed by atoms with Crippen molar-refractivity contribution in [1.82, 2.24) is 0 Å². The van der Waals surface area contributed by atoms with Crippen LogP contribution in [0.25, 0.3) is 0 Å². The lowest BCUT2D eigenvalue weighted by molar-refractivity contribution is -0.396. The van der Waals surface area contributed by atoms with Gasteiger partial charge < -0.3 is 179 Å². The normalized spacial score (nSPS) is 49.9. The van der Waals surface area contributed by atoms with Gasteiger partial charge in [-0.1, -0.05) is 12.8 Å². The number of aliphatic hydroxyl groups is 23. The van der Waals surface area contributed by atoms with Gasteiger partial charge in [0, 0.05) is 0 Å². The van der Waals surface area contributed by atoms with Crippen LogP contribution in [0.15, 0.2) is 0 Å². The van der Waals surface area contributed by atoms with Crippen LogP contribution in [0.3, 0.4) is 0 Å².